The van der Waals surface area contributed by atoms with Crippen molar-refractivity contribution in [3.8, 4) is 0 Å². The van der Waals surface area contributed by atoms with Crippen molar-refractivity contribution >= 4 is 28.8 Å². The van der Waals surface area contributed by atoms with Gasteiger partial charge in [0, 0.05) is 29.7 Å². The van der Waals surface area contributed by atoms with Gasteiger partial charge >= 0.3 is 0 Å². The van der Waals surface area contributed by atoms with Gasteiger partial charge in [0.25, 0.3) is 0 Å². The van der Waals surface area contributed by atoms with E-state index in [1.54, 1.807) is 11.3 Å². The van der Waals surface area contributed by atoms with Gasteiger partial charge in [-0.25, -0.2) is 9.97 Å². The van der Waals surface area contributed by atoms with Crippen LogP contribution in [0.15, 0.2) is 18.2 Å². The van der Waals surface area contributed by atoms with E-state index in [1.165, 1.54) is 4.88 Å². The van der Waals surface area contributed by atoms with E-state index in [0.717, 1.165) is 41.3 Å². The molecule has 4 nitrogen and oxygen atoms in total. The molecule has 0 saturated heterocycles. The maximum Gasteiger partial charge on any atom is 0.144 e. The smallest absolute Gasteiger partial charge is 0.144 e. The van der Waals surface area contributed by atoms with Crippen LogP contribution in [-0.4, -0.2) is 28.5 Å². The van der Waals surface area contributed by atoms with E-state index in [4.69, 9.17) is 11.6 Å². The lowest BCUT2D eigenvalue weighted by Crippen LogP contribution is -2.19. The molecule has 0 spiro atoms. The topological polar surface area (TPSA) is 41.1 Å². The Kier molecular flexibility index (Phi) is 5.34. The Labute approximate surface area is 128 Å². The summed E-state index contributed by atoms with van der Waals surface area (Å²) in [6.45, 7) is 6.48. The third-order valence-electron chi connectivity index (χ3n) is 2.72. The second-order valence-electron chi connectivity index (χ2n) is 4.72. The predicted octanol–water partition coefficient (Wildman–Crippen LogP) is 3.56. The largest absolute Gasteiger partial charge is 0.370 e. The summed E-state index contributed by atoms with van der Waals surface area (Å²) in [5, 5.41) is 3.23. The molecule has 2 aromatic rings. The molecule has 20 heavy (non-hydrogen) atoms. The zero-order chi connectivity index (χ0) is 14.5. The average molecular weight is 311 g/mol. The van der Waals surface area contributed by atoms with Gasteiger partial charge in [0.15, 0.2) is 0 Å². The molecule has 0 fully saturated rings. The molecule has 2 aromatic heterocycles. The lowest BCUT2D eigenvalue weighted by atomic mass is 10.3. The quantitative estimate of drug-likeness (QED) is 0.885. The van der Waals surface area contributed by atoms with Crippen LogP contribution in [0.4, 0.5) is 5.82 Å². The lowest BCUT2D eigenvalue weighted by molar-refractivity contribution is 0.313. The van der Waals surface area contributed by atoms with Gasteiger partial charge in [0.05, 0.1) is 10.9 Å². The van der Waals surface area contributed by atoms with E-state index >= 15 is 0 Å². The fourth-order valence-electron chi connectivity index (χ4n) is 1.97. The first-order valence-electron chi connectivity index (χ1n) is 6.58. The zero-order valence-corrected chi connectivity index (χ0v) is 13.6. The molecule has 0 radical (unpaired) electrons. The van der Waals surface area contributed by atoms with E-state index in [1.807, 2.05) is 19.1 Å². The normalized spacial score (nSPS) is 11.1. The molecule has 0 aliphatic heterocycles. The number of aromatic nitrogens is 2. The number of nitrogens with zero attached hydrogens (tertiary/aromatic N) is 3. The highest BCUT2D eigenvalue weighted by atomic mass is 35.5. The minimum atomic E-state index is 0.718. The Morgan fingerprint density at radius 3 is 2.75 bits per heavy atom. The Balaban J connectivity index is 2.01. The maximum absolute atomic E-state index is 5.95. The Morgan fingerprint density at radius 2 is 2.10 bits per heavy atom. The summed E-state index contributed by atoms with van der Waals surface area (Å²) in [5.41, 5.74) is 0.985. The Bertz CT molecular complexity index is 570. The van der Waals surface area contributed by atoms with Crippen molar-refractivity contribution < 1.29 is 0 Å². The van der Waals surface area contributed by atoms with Gasteiger partial charge in [0.1, 0.15) is 11.6 Å². The number of halogens is 1. The molecule has 2 heterocycles. The molecule has 0 aliphatic carbocycles. The van der Waals surface area contributed by atoms with Crippen LogP contribution in [0.5, 0.6) is 0 Å². The summed E-state index contributed by atoms with van der Waals surface area (Å²) in [6.07, 6.45) is 0. The monoisotopic (exact) mass is 310 g/mol. The van der Waals surface area contributed by atoms with Gasteiger partial charge in [-0.1, -0.05) is 11.6 Å². The summed E-state index contributed by atoms with van der Waals surface area (Å²) in [5.74, 6) is 1.73. The summed E-state index contributed by atoms with van der Waals surface area (Å²) in [6, 6.07) is 5.96. The van der Waals surface area contributed by atoms with Gasteiger partial charge < -0.3 is 5.32 Å². The molecule has 0 aliphatic rings. The summed E-state index contributed by atoms with van der Waals surface area (Å²) >= 11 is 7.56. The molecular formula is C14H19ClN4S. The summed E-state index contributed by atoms with van der Waals surface area (Å²) in [7, 11) is 2.06. The average Bonchev–Trinajstić information content (AvgIpc) is 2.74. The van der Waals surface area contributed by atoms with Gasteiger partial charge in [-0.05, 0) is 33.0 Å². The Morgan fingerprint density at radius 1 is 1.30 bits per heavy atom. The number of hydrogen-bond donors (Lipinski definition) is 1. The van der Waals surface area contributed by atoms with E-state index < -0.39 is 0 Å². The van der Waals surface area contributed by atoms with Crippen LogP contribution < -0.4 is 5.32 Å². The molecule has 6 heteroatoms. The highest BCUT2D eigenvalue weighted by molar-refractivity contribution is 7.16. The Hall–Kier alpha value is -1.17. The van der Waals surface area contributed by atoms with Crippen molar-refractivity contribution in [2.75, 3.05) is 18.9 Å². The highest BCUT2D eigenvalue weighted by Crippen LogP contribution is 2.22. The van der Waals surface area contributed by atoms with Crippen molar-refractivity contribution in [1.82, 2.24) is 14.9 Å². The fourth-order valence-corrected chi connectivity index (χ4v) is 3.14. The third kappa shape index (κ3) is 4.44. The predicted molar refractivity (Wildman–Crippen MR) is 85.4 cm³/mol. The first-order valence-corrected chi connectivity index (χ1v) is 7.77. The molecule has 0 aromatic carbocycles. The summed E-state index contributed by atoms with van der Waals surface area (Å²) < 4.78 is 0.828. The molecule has 0 amide bonds. The van der Waals surface area contributed by atoms with Crippen molar-refractivity contribution in [3.05, 3.63) is 38.9 Å². The van der Waals surface area contributed by atoms with E-state index in [9.17, 15) is 0 Å². The SMILES string of the molecule is CCNc1cc(C)nc(CN(C)Cc2ccc(Cl)s2)n1. The molecule has 0 atom stereocenters. The molecule has 0 unspecified atom stereocenters. The van der Waals surface area contributed by atoms with Crippen LogP contribution in [0, 0.1) is 6.92 Å². The molecule has 108 valence electrons. The van der Waals surface area contributed by atoms with Gasteiger partial charge in [-0.15, -0.1) is 11.3 Å². The van der Waals surface area contributed by atoms with Crippen LogP contribution >= 0.6 is 22.9 Å². The maximum atomic E-state index is 5.95. The van der Waals surface area contributed by atoms with Crippen LogP contribution in [-0.2, 0) is 13.1 Å². The fraction of sp³-hybridized carbons (Fsp3) is 0.429. The number of nitrogens with one attached hydrogen (secondary N) is 1. The van der Waals surface area contributed by atoms with Crippen molar-refractivity contribution in [1.29, 1.82) is 0 Å². The second kappa shape index (κ2) is 7.02. The number of hydrogen-bond acceptors (Lipinski definition) is 5. The number of thiophene rings is 1. The van der Waals surface area contributed by atoms with Crippen LogP contribution in [0.3, 0.4) is 0 Å². The number of rotatable bonds is 6. The minimum absolute atomic E-state index is 0.718. The second-order valence-corrected chi connectivity index (χ2v) is 6.52. The zero-order valence-electron chi connectivity index (χ0n) is 12.0. The van der Waals surface area contributed by atoms with Crippen LogP contribution in [0.1, 0.15) is 23.3 Å². The van der Waals surface area contributed by atoms with E-state index in [2.05, 4.69) is 40.2 Å². The van der Waals surface area contributed by atoms with Crippen molar-refractivity contribution in [3.63, 3.8) is 0 Å². The summed E-state index contributed by atoms with van der Waals surface area (Å²) in [4.78, 5) is 12.4. The molecular weight excluding hydrogens is 292 g/mol. The number of aryl methyl sites for hydroxylation is 1. The third-order valence-corrected chi connectivity index (χ3v) is 3.94. The molecule has 0 saturated carbocycles. The standard InChI is InChI=1S/C14H19ClN4S/c1-4-16-13-7-10(2)17-14(18-13)9-19(3)8-11-5-6-12(15)20-11/h5-7H,4,8-9H2,1-3H3,(H,16,17,18). The van der Waals surface area contributed by atoms with Crippen molar-refractivity contribution in [2.24, 2.45) is 0 Å². The molecule has 2 rings (SSSR count). The lowest BCUT2D eigenvalue weighted by Gasteiger charge is -2.15. The van der Waals surface area contributed by atoms with E-state index in [-0.39, 0.29) is 0 Å². The van der Waals surface area contributed by atoms with Gasteiger partial charge in [-0.2, -0.15) is 0 Å². The first kappa shape index (κ1) is 15.2. The van der Waals surface area contributed by atoms with Crippen LogP contribution in [0.2, 0.25) is 4.34 Å². The molecule has 0 bridgehead atoms. The van der Waals surface area contributed by atoms with Crippen LogP contribution in [0.25, 0.3) is 0 Å². The molecule has 1 N–H and O–H groups in total. The van der Waals surface area contributed by atoms with E-state index in [0.29, 0.717) is 0 Å². The number of anilines is 1. The minimum Gasteiger partial charge on any atom is -0.370 e. The highest BCUT2D eigenvalue weighted by Gasteiger charge is 2.07. The first-order chi connectivity index (χ1) is 9.56. The van der Waals surface area contributed by atoms with Gasteiger partial charge in [-0.3, -0.25) is 4.90 Å². The van der Waals surface area contributed by atoms with Crippen molar-refractivity contribution in [2.45, 2.75) is 26.9 Å². The van der Waals surface area contributed by atoms with Gasteiger partial charge in [0.2, 0.25) is 0 Å².